The summed E-state index contributed by atoms with van der Waals surface area (Å²) >= 11 is 1.57. The van der Waals surface area contributed by atoms with Crippen molar-refractivity contribution >= 4 is 28.2 Å². The van der Waals surface area contributed by atoms with Crippen LogP contribution in [0.4, 0.5) is 8.78 Å². The van der Waals surface area contributed by atoms with E-state index < -0.39 is 23.6 Å². The molecule has 2 aliphatic rings. The molecular formula is C23H22F2N2O4S. The fourth-order valence-electron chi connectivity index (χ4n) is 4.54. The molecule has 32 heavy (non-hydrogen) atoms. The minimum absolute atomic E-state index is 0.0505. The Kier molecular flexibility index (Phi) is 4.86. The van der Waals surface area contributed by atoms with Gasteiger partial charge in [-0.25, -0.2) is 4.79 Å². The maximum atomic E-state index is 13.5. The molecule has 3 heterocycles. The first kappa shape index (κ1) is 21.1. The Labute approximate surface area is 186 Å². The fourth-order valence-corrected chi connectivity index (χ4v) is 5.88. The lowest BCUT2D eigenvalue weighted by Gasteiger charge is -2.30. The molecule has 0 amide bonds. The number of hydrogen-bond acceptors (Lipinski definition) is 5. The van der Waals surface area contributed by atoms with E-state index in [-0.39, 0.29) is 28.0 Å². The van der Waals surface area contributed by atoms with E-state index in [0.29, 0.717) is 12.1 Å². The van der Waals surface area contributed by atoms with E-state index in [4.69, 9.17) is 4.74 Å². The van der Waals surface area contributed by atoms with Gasteiger partial charge in [-0.2, -0.15) is 8.78 Å². The number of carboxylic acid groups (broad SMARTS) is 1. The zero-order valence-electron chi connectivity index (χ0n) is 17.6. The van der Waals surface area contributed by atoms with Gasteiger partial charge in [0.05, 0.1) is 10.9 Å². The number of rotatable bonds is 5. The van der Waals surface area contributed by atoms with Crippen LogP contribution in [-0.4, -0.2) is 29.2 Å². The Bertz CT molecular complexity index is 1310. The van der Waals surface area contributed by atoms with Gasteiger partial charge in [0.15, 0.2) is 5.75 Å². The van der Waals surface area contributed by atoms with Gasteiger partial charge in [0.1, 0.15) is 5.56 Å². The maximum absolute atomic E-state index is 13.5. The Morgan fingerprint density at radius 1 is 1.31 bits per heavy atom. The van der Waals surface area contributed by atoms with Gasteiger partial charge in [-0.3, -0.25) is 4.79 Å². The van der Waals surface area contributed by atoms with E-state index in [1.165, 1.54) is 4.88 Å². The first-order chi connectivity index (χ1) is 15.2. The molecule has 168 valence electrons. The third-order valence-electron chi connectivity index (χ3n) is 6.17. The van der Waals surface area contributed by atoms with Crippen molar-refractivity contribution in [2.75, 3.05) is 6.54 Å². The monoisotopic (exact) mass is 460 g/mol. The molecule has 6 nitrogen and oxygen atoms in total. The number of aromatic nitrogens is 1. The molecule has 3 N–H and O–H groups in total. The van der Waals surface area contributed by atoms with Crippen molar-refractivity contribution in [1.82, 2.24) is 10.3 Å². The number of H-pyrrole nitrogens is 1. The highest BCUT2D eigenvalue weighted by molar-refractivity contribution is 7.16. The average molecular weight is 461 g/mol. The molecule has 0 spiro atoms. The number of carbonyl (C=O) groups is 1. The number of fused-ring (bicyclic) bond motifs is 2. The highest BCUT2D eigenvalue weighted by atomic mass is 32.1. The fraction of sp³-hybridized carbons (Fsp3) is 0.391. The highest BCUT2D eigenvalue weighted by Crippen LogP contribution is 2.52. The molecule has 0 unspecified atom stereocenters. The minimum atomic E-state index is -3.10. The van der Waals surface area contributed by atoms with Crippen LogP contribution < -0.4 is 15.5 Å². The number of pyridine rings is 1. The molecule has 2 aromatic heterocycles. The number of thiophene rings is 1. The molecule has 1 saturated carbocycles. The van der Waals surface area contributed by atoms with Crippen molar-refractivity contribution in [1.29, 1.82) is 0 Å². The van der Waals surface area contributed by atoms with Crippen LogP contribution in [-0.2, 0) is 12.0 Å². The van der Waals surface area contributed by atoms with Crippen molar-refractivity contribution in [3.63, 3.8) is 0 Å². The van der Waals surface area contributed by atoms with Gasteiger partial charge in [-0.05, 0) is 42.0 Å². The van der Waals surface area contributed by atoms with Crippen LogP contribution in [0.1, 0.15) is 59.0 Å². The Morgan fingerprint density at radius 2 is 2.06 bits per heavy atom. The van der Waals surface area contributed by atoms with Gasteiger partial charge in [-0.15, -0.1) is 11.3 Å². The van der Waals surface area contributed by atoms with Crippen molar-refractivity contribution < 1.29 is 23.4 Å². The number of nitrogens with one attached hydrogen (secondary N) is 2. The summed E-state index contributed by atoms with van der Waals surface area (Å²) in [5, 5.41) is 12.8. The Hall–Kier alpha value is -2.78. The van der Waals surface area contributed by atoms with E-state index in [0.717, 1.165) is 41.6 Å². The highest BCUT2D eigenvalue weighted by Gasteiger charge is 2.35. The maximum Gasteiger partial charge on any atom is 0.387 e. The van der Waals surface area contributed by atoms with Crippen LogP contribution in [0.25, 0.3) is 21.3 Å². The van der Waals surface area contributed by atoms with Crippen LogP contribution in [0.15, 0.2) is 23.1 Å². The molecule has 1 aliphatic carbocycles. The second-order valence-electron chi connectivity index (χ2n) is 9.03. The van der Waals surface area contributed by atoms with Gasteiger partial charge < -0.3 is 20.1 Å². The van der Waals surface area contributed by atoms with Crippen molar-refractivity contribution in [3.8, 4) is 16.2 Å². The van der Waals surface area contributed by atoms with Crippen molar-refractivity contribution in [3.05, 3.63) is 50.1 Å². The second-order valence-corrected chi connectivity index (χ2v) is 10.1. The van der Waals surface area contributed by atoms with Gasteiger partial charge >= 0.3 is 12.6 Å². The lowest BCUT2D eigenvalue weighted by Crippen LogP contribution is -2.37. The number of ether oxygens (including phenoxy) is 1. The Morgan fingerprint density at radius 3 is 2.69 bits per heavy atom. The number of aromatic carboxylic acids is 1. The summed E-state index contributed by atoms with van der Waals surface area (Å²) in [6.45, 7) is 2.70. The summed E-state index contributed by atoms with van der Waals surface area (Å²) in [6.07, 6.45) is 2.79. The van der Waals surface area contributed by atoms with Gasteiger partial charge in [0.2, 0.25) is 5.43 Å². The summed E-state index contributed by atoms with van der Waals surface area (Å²) in [6, 6.07) is 3.68. The molecule has 9 heteroatoms. The molecule has 0 atom stereocenters. The molecule has 1 aromatic carbocycles. The van der Waals surface area contributed by atoms with Crippen LogP contribution in [0.5, 0.6) is 5.75 Å². The van der Waals surface area contributed by atoms with Crippen LogP contribution >= 0.6 is 11.3 Å². The zero-order chi connectivity index (χ0) is 22.8. The zero-order valence-corrected chi connectivity index (χ0v) is 18.4. The smallest absolute Gasteiger partial charge is 0.387 e. The quantitative estimate of drug-likeness (QED) is 0.508. The standard InChI is InChI=1S/C23H22F2N2O4S/c1-23(2)9-26-7-11-5-15(32-20(11)23)16-12(10-3-4-10)6-13-17(19(16)31-22(24)25)27-8-14(18(13)28)21(29)30/h5-6,8,10,22,26H,3-4,7,9H2,1-2H3,(H,27,28)(H,29,30). The van der Waals surface area contributed by atoms with Crippen molar-refractivity contribution in [2.24, 2.45) is 0 Å². The first-order valence-electron chi connectivity index (χ1n) is 10.4. The summed E-state index contributed by atoms with van der Waals surface area (Å²) in [7, 11) is 0. The third-order valence-corrected chi connectivity index (χ3v) is 7.73. The molecule has 1 fully saturated rings. The summed E-state index contributed by atoms with van der Waals surface area (Å²) in [5.74, 6) is -1.35. The molecular weight excluding hydrogens is 438 g/mol. The third kappa shape index (κ3) is 3.40. The summed E-state index contributed by atoms with van der Waals surface area (Å²) in [4.78, 5) is 29.0. The normalized spacial score (nSPS) is 17.5. The number of halogens is 2. The van der Waals surface area contributed by atoms with E-state index >= 15 is 0 Å². The molecule has 5 rings (SSSR count). The second kappa shape index (κ2) is 7.38. The SMILES string of the molecule is CC1(C)CNCc2cc(-c3c(C4CC4)cc4c(=O)c(C(=O)O)c[nH]c4c3OC(F)F)sc21. The largest absolute Gasteiger partial charge is 0.477 e. The summed E-state index contributed by atoms with van der Waals surface area (Å²) < 4.78 is 32.1. The molecule has 1 aliphatic heterocycles. The van der Waals surface area contributed by atoms with E-state index in [1.807, 2.05) is 6.07 Å². The van der Waals surface area contributed by atoms with Crippen molar-refractivity contribution in [2.45, 2.75) is 51.2 Å². The minimum Gasteiger partial charge on any atom is -0.477 e. The Balaban J connectivity index is 1.83. The van der Waals surface area contributed by atoms with Gasteiger partial charge in [-0.1, -0.05) is 13.8 Å². The van der Waals surface area contributed by atoms with E-state index in [2.05, 4.69) is 24.1 Å². The predicted molar refractivity (Wildman–Crippen MR) is 118 cm³/mol. The lowest BCUT2D eigenvalue weighted by molar-refractivity contribution is -0.0485. The number of benzene rings is 1. The van der Waals surface area contributed by atoms with Crippen LogP contribution in [0.3, 0.4) is 0 Å². The number of carboxylic acids is 1. The van der Waals surface area contributed by atoms with Crippen LogP contribution in [0.2, 0.25) is 0 Å². The van der Waals surface area contributed by atoms with Gasteiger partial charge in [0.25, 0.3) is 0 Å². The predicted octanol–water partition coefficient (Wildman–Crippen LogP) is 4.81. The van der Waals surface area contributed by atoms with Gasteiger partial charge in [0, 0.05) is 40.0 Å². The molecule has 0 saturated heterocycles. The van der Waals surface area contributed by atoms with E-state index in [9.17, 15) is 23.5 Å². The topological polar surface area (TPSA) is 91.4 Å². The summed E-state index contributed by atoms with van der Waals surface area (Å²) in [5.41, 5.74) is 1.29. The first-order valence-corrected chi connectivity index (χ1v) is 11.2. The molecule has 0 bridgehead atoms. The average Bonchev–Trinajstić information content (AvgIpc) is 3.46. The molecule has 0 radical (unpaired) electrons. The van der Waals surface area contributed by atoms with E-state index in [1.54, 1.807) is 17.4 Å². The number of alkyl halides is 2. The van der Waals surface area contributed by atoms with Crippen LogP contribution in [0, 0.1) is 0 Å². The molecule has 3 aromatic rings. The lowest BCUT2D eigenvalue weighted by atomic mass is 9.86. The number of hydrogen-bond donors (Lipinski definition) is 3. The number of aromatic amines is 1.